The van der Waals surface area contributed by atoms with Gasteiger partial charge in [0.1, 0.15) is 16.4 Å². The molecule has 0 radical (unpaired) electrons. The number of methoxy groups -OCH3 is 2. The van der Waals surface area contributed by atoms with Crippen molar-refractivity contribution in [2.45, 2.75) is 4.90 Å². The molecule has 2 aromatic rings. The number of ether oxygens (including phenoxy) is 2. The third kappa shape index (κ3) is 4.41. The molecule has 0 spiro atoms. The summed E-state index contributed by atoms with van der Waals surface area (Å²) in [5.74, 6) is 0.223. The Balaban J connectivity index is 2.43. The molecule has 0 aromatic heterocycles. The van der Waals surface area contributed by atoms with Crippen molar-refractivity contribution in [3.63, 3.8) is 0 Å². The maximum Gasteiger partial charge on any atom is 0.310 e. The molecule has 0 aliphatic heterocycles. The highest BCUT2D eigenvalue weighted by Crippen LogP contribution is 3.02. The normalized spacial score (nSPS) is 14.6. The molecule has 0 bridgehead atoms. The standard InChI is InChI=1S/C14H14F5NO2S/c1-21-12-5-3-10(4-6-12)20-11-7-13(22-2)9-14(8-11)23(15,16,17,18)19/h3-9,20H,1-2H3. The first-order valence-electron chi connectivity index (χ1n) is 6.25. The van der Waals surface area contributed by atoms with Crippen LogP contribution < -0.4 is 14.8 Å². The van der Waals surface area contributed by atoms with E-state index in [1.165, 1.54) is 25.3 Å². The minimum atomic E-state index is -9.80. The van der Waals surface area contributed by atoms with Crippen molar-refractivity contribution in [3.8, 4) is 11.5 Å². The molecule has 0 saturated carbocycles. The zero-order valence-electron chi connectivity index (χ0n) is 12.2. The average Bonchev–Trinajstić information content (AvgIpc) is 2.45. The molecular formula is C14H14F5NO2S. The molecule has 128 valence electrons. The molecule has 2 aromatic carbocycles. The van der Waals surface area contributed by atoms with Crippen molar-refractivity contribution < 1.29 is 28.9 Å². The van der Waals surface area contributed by atoms with Gasteiger partial charge in [0.15, 0.2) is 0 Å². The van der Waals surface area contributed by atoms with Gasteiger partial charge in [-0.3, -0.25) is 0 Å². The van der Waals surface area contributed by atoms with Gasteiger partial charge in [-0.2, -0.15) is 0 Å². The molecule has 0 aliphatic rings. The van der Waals surface area contributed by atoms with Crippen LogP contribution in [0.15, 0.2) is 47.4 Å². The minimum absolute atomic E-state index is 0.169. The van der Waals surface area contributed by atoms with Crippen molar-refractivity contribution in [1.29, 1.82) is 0 Å². The first-order chi connectivity index (χ1) is 10.4. The maximum absolute atomic E-state index is 13.0. The Morgan fingerprint density at radius 1 is 0.739 bits per heavy atom. The average molecular weight is 355 g/mol. The monoisotopic (exact) mass is 355 g/mol. The molecule has 0 atom stereocenters. The third-order valence-corrected chi connectivity index (χ3v) is 4.07. The Morgan fingerprint density at radius 2 is 1.30 bits per heavy atom. The molecule has 1 N–H and O–H groups in total. The van der Waals surface area contributed by atoms with Gasteiger partial charge in [0, 0.05) is 23.5 Å². The van der Waals surface area contributed by atoms with E-state index in [-0.39, 0.29) is 17.5 Å². The summed E-state index contributed by atoms with van der Waals surface area (Å²) in [6, 6.07) is 8.06. The smallest absolute Gasteiger partial charge is 0.310 e. The van der Waals surface area contributed by atoms with Crippen molar-refractivity contribution in [1.82, 2.24) is 0 Å². The summed E-state index contributed by atoms with van der Waals surface area (Å²) in [5.41, 5.74) is 0.241. The first-order valence-corrected chi connectivity index (χ1v) is 8.21. The second-order valence-electron chi connectivity index (χ2n) is 4.72. The van der Waals surface area contributed by atoms with Crippen LogP contribution in [0.3, 0.4) is 0 Å². The van der Waals surface area contributed by atoms with Gasteiger partial charge in [0.2, 0.25) is 0 Å². The van der Waals surface area contributed by atoms with Crippen LogP contribution in [-0.2, 0) is 0 Å². The van der Waals surface area contributed by atoms with Gasteiger partial charge in [0.25, 0.3) is 0 Å². The number of anilines is 2. The van der Waals surface area contributed by atoms with E-state index in [9.17, 15) is 19.4 Å². The van der Waals surface area contributed by atoms with Gasteiger partial charge in [-0.1, -0.05) is 19.4 Å². The summed E-state index contributed by atoms with van der Waals surface area (Å²) in [6.45, 7) is 0. The SMILES string of the molecule is COc1ccc(Nc2cc(OC)cc(S(F)(F)(F)(F)F)c2)cc1. The fraction of sp³-hybridized carbons (Fsp3) is 0.143. The zero-order valence-corrected chi connectivity index (χ0v) is 13.0. The van der Waals surface area contributed by atoms with Crippen LogP contribution in [-0.4, -0.2) is 14.2 Å². The predicted octanol–water partition coefficient (Wildman–Crippen LogP) is 6.10. The third-order valence-electron chi connectivity index (χ3n) is 2.94. The van der Waals surface area contributed by atoms with E-state index >= 15 is 0 Å². The van der Waals surface area contributed by atoms with Crippen molar-refractivity contribution in [2.24, 2.45) is 0 Å². The molecule has 23 heavy (non-hydrogen) atoms. The molecule has 0 unspecified atom stereocenters. The molecule has 3 nitrogen and oxygen atoms in total. The summed E-state index contributed by atoms with van der Waals surface area (Å²) < 4.78 is 74.5. The van der Waals surface area contributed by atoms with Crippen LogP contribution in [0.4, 0.5) is 30.8 Å². The van der Waals surface area contributed by atoms with Gasteiger partial charge < -0.3 is 14.8 Å². The van der Waals surface area contributed by atoms with Gasteiger partial charge in [-0.25, -0.2) is 0 Å². The zero-order chi connectivity index (χ0) is 17.4. The molecule has 0 fully saturated rings. The molecule has 0 aliphatic carbocycles. The lowest BCUT2D eigenvalue weighted by atomic mass is 10.2. The fourth-order valence-corrected chi connectivity index (χ4v) is 2.51. The van der Waals surface area contributed by atoms with E-state index in [0.717, 1.165) is 7.11 Å². The lowest BCUT2D eigenvalue weighted by Crippen LogP contribution is -2.07. The minimum Gasteiger partial charge on any atom is -0.497 e. The molecule has 9 heteroatoms. The summed E-state index contributed by atoms with van der Waals surface area (Å²) in [7, 11) is -7.23. The number of benzene rings is 2. The molecule has 2 rings (SSSR count). The number of hydrogen-bond donors (Lipinski definition) is 1. The highest BCUT2D eigenvalue weighted by molar-refractivity contribution is 8.45. The van der Waals surface area contributed by atoms with Gasteiger partial charge >= 0.3 is 10.2 Å². The predicted molar refractivity (Wildman–Crippen MR) is 80.7 cm³/mol. The van der Waals surface area contributed by atoms with Crippen LogP contribution in [0.25, 0.3) is 0 Å². The van der Waals surface area contributed by atoms with Crippen LogP contribution in [0.1, 0.15) is 0 Å². The van der Waals surface area contributed by atoms with E-state index in [1.54, 1.807) is 12.1 Å². The quantitative estimate of drug-likeness (QED) is 0.657. The van der Waals surface area contributed by atoms with E-state index in [4.69, 9.17) is 4.74 Å². The van der Waals surface area contributed by atoms with Crippen molar-refractivity contribution in [3.05, 3.63) is 42.5 Å². The van der Waals surface area contributed by atoms with Crippen molar-refractivity contribution in [2.75, 3.05) is 19.5 Å². The number of rotatable bonds is 5. The summed E-state index contributed by atoms with van der Waals surface area (Å²) in [4.78, 5) is -2.01. The summed E-state index contributed by atoms with van der Waals surface area (Å²) >= 11 is 0. The fourth-order valence-electron chi connectivity index (χ4n) is 1.83. The highest BCUT2D eigenvalue weighted by atomic mass is 32.5. The summed E-state index contributed by atoms with van der Waals surface area (Å²) in [6.07, 6.45) is 0. The second-order valence-corrected chi connectivity index (χ2v) is 7.13. The molecular weight excluding hydrogens is 341 g/mol. The van der Waals surface area contributed by atoms with E-state index < -0.39 is 15.1 Å². The van der Waals surface area contributed by atoms with Crippen LogP contribution in [0.2, 0.25) is 0 Å². The van der Waals surface area contributed by atoms with E-state index in [2.05, 4.69) is 10.1 Å². The summed E-state index contributed by atoms with van der Waals surface area (Å²) in [5, 5.41) is 2.63. The second kappa shape index (κ2) is 4.92. The number of nitrogens with one attached hydrogen (secondary N) is 1. The Labute approximate surface area is 129 Å². The van der Waals surface area contributed by atoms with E-state index in [1.807, 2.05) is 0 Å². The largest absolute Gasteiger partial charge is 0.497 e. The van der Waals surface area contributed by atoms with Crippen LogP contribution in [0, 0.1) is 0 Å². The highest BCUT2D eigenvalue weighted by Gasteiger charge is 2.65. The van der Waals surface area contributed by atoms with Gasteiger partial charge in [-0.15, -0.1) is 0 Å². The van der Waals surface area contributed by atoms with Gasteiger partial charge in [0.05, 0.1) is 14.2 Å². The Kier molecular flexibility index (Phi) is 3.68. The van der Waals surface area contributed by atoms with E-state index in [0.29, 0.717) is 17.5 Å². The number of halogens is 5. The molecule has 0 amide bonds. The van der Waals surface area contributed by atoms with Crippen molar-refractivity contribution >= 4 is 21.6 Å². The van der Waals surface area contributed by atoms with Gasteiger partial charge in [-0.05, 0) is 30.3 Å². The Hall–Kier alpha value is -2.16. The first kappa shape index (κ1) is 17.2. The van der Waals surface area contributed by atoms with Crippen LogP contribution >= 0.6 is 10.2 Å². The maximum atomic E-state index is 13.0. The topological polar surface area (TPSA) is 30.5 Å². The molecule has 0 heterocycles. The van der Waals surface area contributed by atoms with Crippen LogP contribution in [0.5, 0.6) is 11.5 Å². The molecule has 0 saturated heterocycles. The lowest BCUT2D eigenvalue weighted by molar-refractivity contribution is 0.361. The lowest BCUT2D eigenvalue weighted by Gasteiger charge is -2.40. The number of hydrogen-bond acceptors (Lipinski definition) is 3. The Bertz CT molecular complexity index is 717. The Morgan fingerprint density at radius 3 is 1.78 bits per heavy atom.